The lowest BCUT2D eigenvalue weighted by Gasteiger charge is -2.07. The van der Waals surface area contributed by atoms with Gasteiger partial charge in [0, 0.05) is 6.54 Å². The standard InChI is InChI=1S/C10H21N3O2S.HI/c1-2-3-6-12-10(11)13-8-9-5-4-7-16(9,14)15;/h9H,2-8H2,1H3,(H3,11,12,13);1H. The minimum absolute atomic E-state index is 0. The molecule has 1 aliphatic rings. The van der Waals surface area contributed by atoms with Crippen molar-refractivity contribution >= 4 is 39.8 Å². The summed E-state index contributed by atoms with van der Waals surface area (Å²) in [5.74, 6) is 0.659. The molecule has 1 fully saturated rings. The van der Waals surface area contributed by atoms with Gasteiger partial charge in [0.05, 0.1) is 17.5 Å². The normalized spacial score (nSPS) is 23.1. The van der Waals surface area contributed by atoms with Crippen LogP contribution in [0.2, 0.25) is 0 Å². The number of nitrogens with zero attached hydrogens (tertiary/aromatic N) is 1. The van der Waals surface area contributed by atoms with Gasteiger partial charge in [0.2, 0.25) is 0 Å². The fourth-order valence-corrected chi connectivity index (χ4v) is 3.44. The van der Waals surface area contributed by atoms with E-state index in [0.717, 1.165) is 25.8 Å². The molecule has 0 saturated carbocycles. The lowest BCUT2D eigenvalue weighted by atomic mass is 10.2. The Hall–Kier alpha value is -0.0500. The Morgan fingerprint density at radius 1 is 1.53 bits per heavy atom. The quantitative estimate of drug-likeness (QED) is 0.324. The number of sulfone groups is 1. The number of hydrogen-bond donors (Lipinski definition) is 2. The lowest BCUT2D eigenvalue weighted by molar-refractivity contribution is 0.590. The molecule has 102 valence electrons. The van der Waals surface area contributed by atoms with Gasteiger partial charge >= 0.3 is 0 Å². The molecule has 1 aliphatic heterocycles. The van der Waals surface area contributed by atoms with E-state index in [2.05, 4.69) is 17.2 Å². The summed E-state index contributed by atoms with van der Waals surface area (Å²) >= 11 is 0. The SMILES string of the molecule is CCCCNC(N)=NCC1CCCS1(=O)=O.I. The van der Waals surface area contributed by atoms with Crippen LogP contribution < -0.4 is 11.1 Å². The van der Waals surface area contributed by atoms with Crippen molar-refractivity contribution in [1.29, 1.82) is 0 Å². The molecule has 1 unspecified atom stereocenters. The minimum atomic E-state index is -2.90. The molecule has 0 bridgehead atoms. The summed E-state index contributed by atoms with van der Waals surface area (Å²) in [5.41, 5.74) is 5.63. The van der Waals surface area contributed by atoms with E-state index in [9.17, 15) is 8.42 Å². The van der Waals surface area contributed by atoms with Gasteiger partial charge in [0.25, 0.3) is 0 Å². The zero-order valence-electron chi connectivity index (χ0n) is 10.2. The third-order valence-corrected chi connectivity index (χ3v) is 5.02. The van der Waals surface area contributed by atoms with E-state index < -0.39 is 9.84 Å². The fraction of sp³-hybridized carbons (Fsp3) is 0.900. The number of aliphatic imine (C=N–C) groups is 1. The van der Waals surface area contributed by atoms with Crippen molar-refractivity contribution in [2.45, 2.75) is 37.9 Å². The highest BCUT2D eigenvalue weighted by Gasteiger charge is 2.30. The summed E-state index contributed by atoms with van der Waals surface area (Å²) in [5, 5.41) is 2.65. The Kier molecular flexibility index (Phi) is 8.10. The molecule has 0 radical (unpaired) electrons. The van der Waals surface area contributed by atoms with Crippen molar-refractivity contribution in [3.05, 3.63) is 0 Å². The molecule has 3 N–H and O–H groups in total. The summed E-state index contributed by atoms with van der Waals surface area (Å²) < 4.78 is 23.0. The second kappa shape index (κ2) is 8.12. The number of rotatable bonds is 5. The van der Waals surface area contributed by atoms with Crippen LogP contribution in [-0.2, 0) is 9.84 Å². The molecular weight excluding hydrogens is 353 g/mol. The van der Waals surface area contributed by atoms with Crippen LogP contribution in [0, 0.1) is 0 Å². The van der Waals surface area contributed by atoms with Crippen molar-refractivity contribution < 1.29 is 8.42 Å². The zero-order valence-corrected chi connectivity index (χ0v) is 13.3. The summed E-state index contributed by atoms with van der Waals surface area (Å²) in [6.07, 6.45) is 3.61. The maximum Gasteiger partial charge on any atom is 0.188 e. The van der Waals surface area contributed by atoms with Gasteiger partial charge in [0.1, 0.15) is 0 Å². The number of hydrogen-bond acceptors (Lipinski definition) is 3. The Bertz CT molecular complexity index is 343. The molecule has 0 aromatic carbocycles. The molecule has 0 aromatic heterocycles. The van der Waals surface area contributed by atoms with Gasteiger partial charge in [-0.1, -0.05) is 13.3 Å². The molecule has 1 heterocycles. The van der Waals surface area contributed by atoms with Crippen molar-refractivity contribution in [1.82, 2.24) is 5.32 Å². The largest absolute Gasteiger partial charge is 0.370 e. The third-order valence-electron chi connectivity index (χ3n) is 2.76. The predicted octanol–water partition coefficient (Wildman–Crippen LogP) is 0.886. The van der Waals surface area contributed by atoms with Gasteiger partial charge in [-0.2, -0.15) is 0 Å². The van der Waals surface area contributed by atoms with Crippen LogP contribution in [0.4, 0.5) is 0 Å². The second-order valence-corrected chi connectivity index (χ2v) is 6.54. The van der Waals surface area contributed by atoms with Gasteiger partial charge in [-0.15, -0.1) is 24.0 Å². The maximum atomic E-state index is 11.5. The first kappa shape index (κ1) is 16.9. The fourth-order valence-electron chi connectivity index (χ4n) is 1.71. The molecular formula is C10H22IN3O2S. The molecule has 1 saturated heterocycles. The van der Waals surface area contributed by atoms with Crippen molar-refractivity contribution in [2.24, 2.45) is 10.7 Å². The molecule has 0 aromatic rings. The van der Waals surface area contributed by atoms with E-state index in [1.54, 1.807) is 0 Å². The third kappa shape index (κ3) is 5.89. The molecule has 0 spiro atoms. The van der Waals surface area contributed by atoms with Gasteiger partial charge in [-0.25, -0.2) is 8.42 Å². The number of halogens is 1. The highest BCUT2D eigenvalue weighted by Crippen LogP contribution is 2.19. The first-order valence-electron chi connectivity index (χ1n) is 5.81. The number of guanidine groups is 1. The average molecular weight is 375 g/mol. The number of unbranched alkanes of at least 4 members (excludes halogenated alkanes) is 1. The molecule has 1 rings (SSSR count). The molecule has 7 heteroatoms. The Morgan fingerprint density at radius 3 is 2.76 bits per heavy atom. The molecule has 5 nitrogen and oxygen atoms in total. The average Bonchev–Trinajstić information content (AvgIpc) is 2.55. The van der Waals surface area contributed by atoms with Crippen LogP contribution in [0.15, 0.2) is 4.99 Å². The summed E-state index contributed by atoms with van der Waals surface area (Å²) in [6, 6.07) is 0. The molecule has 0 amide bonds. The van der Waals surface area contributed by atoms with E-state index in [4.69, 9.17) is 5.73 Å². The van der Waals surface area contributed by atoms with Gasteiger partial charge < -0.3 is 11.1 Å². The summed E-state index contributed by atoms with van der Waals surface area (Å²) in [7, 11) is -2.90. The van der Waals surface area contributed by atoms with Crippen molar-refractivity contribution in [3.8, 4) is 0 Å². The van der Waals surface area contributed by atoms with E-state index in [0.29, 0.717) is 24.7 Å². The van der Waals surface area contributed by atoms with Crippen LogP contribution in [0.5, 0.6) is 0 Å². The number of nitrogens with two attached hydrogens (primary N) is 1. The van der Waals surface area contributed by atoms with E-state index in [-0.39, 0.29) is 29.2 Å². The second-order valence-electron chi connectivity index (χ2n) is 4.14. The summed E-state index contributed by atoms with van der Waals surface area (Å²) in [4.78, 5) is 4.08. The molecule has 0 aliphatic carbocycles. The Balaban J connectivity index is 0.00000256. The predicted molar refractivity (Wildman–Crippen MR) is 81.6 cm³/mol. The minimum Gasteiger partial charge on any atom is -0.370 e. The van der Waals surface area contributed by atoms with Crippen LogP contribution in [-0.4, -0.2) is 38.5 Å². The Morgan fingerprint density at radius 2 is 2.24 bits per heavy atom. The van der Waals surface area contributed by atoms with Gasteiger partial charge in [0.15, 0.2) is 15.8 Å². The first-order chi connectivity index (χ1) is 7.56. The van der Waals surface area contributed by atoms with Gasteiger partial charge in [-0.05, 0) is 19.3 Å². The first-order valence-corrected chi connectivity index (χ1v) is 7.53. The highest BCUT2D eigenvalue weighted by molar-refractivity contribution is 14.0. The Labute approximate surface area is 121 Å². The monoisotopic (exact) mass is 375 g/mol. The van der Waals surface area contributed by atoms with Crippen molar-refractivity contribution in [3.63, 3.8) is 0 Å². The highest BCUT2D eigenvalue weighted by atomic mass is 127. The zero-order chi connectivity index (χ0) is 12.0. The van der Waals surface area contributed by atoms with E-state index >= 15 is 0 Å². The lowest BCUT2D eigenvalue weighted by Crippen LogP contribution is -2.33. The van der Waals surface area contributed by atoms with Crippen molar-refractivity contribution in [2.75, 3.05) is 18.8 Å². The topological polar surface area (TPSA) is 84.5 Å². The van der Waals surface area contributed by atoms with Crippen LogP contribution >= 0.6 is 24.0 Å². The summed E-state index contributed by atoms with van der Waals surface area (Å²) in [6.45, 7) is 3.19. The van der Waals surface area contributed by atoms with E-state index in [1.807, 2.05) is 0 Å². The smallest absolute Gasteiger partial charge is 0.188 e. The van der Waals surface area contributed by atoms with E-state index in [1.165, 1.54) is 0 Å². The van der Waals surface area contributed by atoms with Crippen LogP contribution in [0.1, 0.15) is 32.6 Å². The van der Waals surface area contributed by atoms with Gasteiger partial charge in [-0.3, -0.25) is 4.99 Å². The van der Waals surface area contributed by atoms with Crippen LogP contribution in [0.25, 0.3) is 0 Å². The molecule has 1 atom stereocenters. The maximum absolute atomic E-state index is 11.5. The molecule has 17 heavy (non-hydrogen) atoms. The number of nitrogens with one attached hydrogen (secondary N) is 1. The van der Waals surface area contributed by atoms with Crippen LogP contribution in [0.3, 0.4) is 0 Å².